The van der Waals surface area contributed by atoms with Crippen LogP contribution in [0.4, 0.5) is 4.79 Å². The van der Waals surface area contributed by atoms with Crippen LogP contribution in [0, 0.1) is 0 Å². The highest BCUT2D eigenvalue weighted by Crippen LogP contribution is 2.15. The summed E-state index contributed by atoms with van der Waals surface area (Å²) in [4.78, 5) is 32.6. The maximum Gasteiger partial charge on any atom is 0.321 e. The quantitative estimate of drug-likeness (QED) is 0.553. The van der Waals surface area contributed by atoms with Gasteiger partial charge in [-0.2, -0.15) is 4.72 Å². The lowest BCUT2D eigenvalue weighted by atomic mass is 10.4. The Labute approximate surface area is 134 Å². The molecule has 0 aliphatic rings. The summed E-state index contributed by atoms with van der Waals surface area (Å²) in [5.41, 5.74) is 4.69. The molecule has 120 valence electrons. The number of urea groups is 1. The van der Waals surface area contributed by atoms with Gasteiger partial charge in [-0.05, 0) is 18.2 Å². The van der Waals surface area contributed by atoms with Crippen molar-refractivity contribution in [2.75, 3.05) is 13.2 Å². The lowest BCUT2D eigenvalue weighted by Crippen LogP contribution is -2.39. The molecular formula is C11H12BrN3O6S. The van der Waals surface area contributed by atoms with Crippen molar-refractivity contribution in [2.45, 2.75) is 4.90 Å². The Morgan fingerprint density at radius 1 is 1.27 bits per heavy atom. The van der Waals surface area contributed by atoms with Gasteiger partial charge >= 0.3 is 12.0 Å². The molecule has 1 rings (SSSR count). The molecule has 0 aromatic heterocycles. The summed E-state index contributed by atoms with van der Waals surface area (Å²) >= 11 is 3.13. The summed E-state index contributed by atoms with van der Waals surface area (Å²) in [6.45, 7) is -1.42. The number of hydrogen-bond acceptors (Lipinski definition) is 6. The number of nitrogens with one attached hydrogen (secondary N) is 2. The second kappa shape index (κ2) is 7.87. The van der Waals surface area contributed by atoms with E-state index in [1.165, 1.54) is 18.2 Å². The van der Waals surface area contributed by atoms with Crippen LogP contribution in [0.3, 0.4) is 0 Å². The topological polar surface area (TPSA) is 145 Å². The molecule has 0 unspecified atom stereocenters. The average molecular weight is 394 g/mol. The summed E-state index contributed by atoms with van der Waals surface area (Å²) in [7, 11) is -3.89. The van der Waals surface area contributed by atoms with E-state index in [0.29, 0.717) is 4.47 Å². The second-order valence-corrected chi connectivity index (χ2v) is 6.54. The summed E-state index contributed by atoms with van der Waals surface area (Å²) < 4.78 is 30.8. The van der Waals surface area contributed by atoms with Gasteiger partial charge in [0.15, 0.2) is 6.61 Å². The molecule has 0 radical (unpaired) electrons. The lowest BCUT2D eigenvalue weighted by Gasteiger charge is -2.07. The van der Waals surface area contributed by atoms with Gasteiger partial charge in [0.1, 0.15) is 6.54 Å². The van der Waals surface area contributed by atoms with E-state index in [1.54, 1.807) is 11.4 Å². The molecule has 0 saturated carbocycles. The number of sulfonamides is 1. The number of halogens is 1. The van der Waals surface area contributed by atoms with E-state index in [9.17, 15) is 22.8 Å². The van der Waals surface area contributed by atoms with Crippen LogP contribution >= 0.6 is 15.9 Å². The van der Waals surface area contributed by atoms with Crippen LogP contribution in [0.25, 0.3) is 0 Å². The first-order chi connectivity index (χ1) is 10.2. The maximum atomic E-state index is 11.9. The van der Waals surface area contributed by atoms with Crippen molar-refractivity contribution in [2.24, 2.45) is 5.73 Å². The zero-order valence-electron chi connectivity index (χ0n) is 11.0. The zero-order valence-corrected chi connectivity index (χ0v) is 13.4. The Hall–Kier alpha value is -1.98. The van der Waals surface area contributed by atoms with E-state index < -0.39 is 41.1 Å². The molecule has 0 heterocycles. The largest absolute Gasteiger partial charge is 0.455 e. The summed E-state index contributed by atoms with van der Waals surface area (Å²) in [6.07, 6.45) is 0. The van der Waals surface area contributed by atoms with E-state index in [1.807, 2.05) is 4.72 Å². The number of esters is 1. The number of hydrogen-bond donors (Lipinski definition) is 3. The van der Waals surface area contributed by atoms with Crippen molar-refractivity contribution in [1.29, 1.82) is 0 Å². The molecule has 1 aromatic rings. The van der Waals surface area contributed by atoms with Gasteiger partial charge in [0.05, 0.1) is 4.90 Å². The van der Waals surface area contributed by atoms with Gasteiger partial charge in [0.2, 0.25) is 10.0 Å². The summed E-state index contributed by atoms with van der Waals surface area (Å²) in [5.74, 6) is -1.91. The number of nitrogens with two attached hydrogens (primary N) is 1. The van der Waals surface area contributed by atoms with Crippen LogP contribution in [0.5, 0.6) is 0 Å². The van der Waals surface area contributed by atoms with Crippen LogP contribution in [-0.2, 0) is 24.3 Å². The summed E-state index contributed by atoms with van der Waals surface area (Å²) in [6, 6.07) is 4.78. The van der Waals surface area contributed by atoms with Crippen LogP contribution in [-0.4, -0.2) is 39.5 Å². The number of rotatable bonds is 6. The van der Waals surface area contributed by atoms with Crippen molar-refractivity contribution in [3.05, 3.63) is 28.7 Å². The Bertz CT molecular complexity index is 691. The first-order valence-electron chi connectivity index (χ1n) is 5.71. The molecule has 0 aliphatic carbocycles. The molecule has 0 aliphatic heterocycles. The van der Waals surface area contributed by atoms with Gasteiger partial charge in [-0.15, -0.1) is 0 Å². The Morgan fingerprint density at radius 2 is 1.95 bits per heavy atom. The van der Waals surface area contributed by atoms with Gasteiger partial charge in [0, 0.05) is 4.47 Å². The van der Waals surface area contributed by atoms with Crippen molar-refractivity contribution in [3.63, 3.8) is 0 Å². The number of amides is 3. The molecular weight excluding hydrogens is 382 g/mol. The fraction of sp³-hybridized carbons (Fsp3) is 0.182. The Kier molecular flexibility index (Phi) is 6.46. The Morgan fingerprint density at radius 3 is 2.55 bits per heavy atom. The number of carbonyl (C=O) groups is 3. The SMILES string of the molecule is NC(=O)NC(=O)COC(=O)CNS(=O)(=O)c1cccc(Br)c1. The van der Waals surface area contributed by atoms with Gasteiger partial charge in [-0.1, -0.05) is 22.0 Å². The maximum absolute atomic E-state index is 11.9. The highest BCUT2D eigenvalue weighted by atomic mass is 79.9. The predicted molar refractivity (Wildman–Crippen MR) is 78.0 cm³/mol. The summed E-state index contributed by atoms with van der Waals surface area (Å²) in [5, 5.41) is 1.68. The number of carbonyl (C=O) groups excluding carboxylic acids is 3. The molecule has 0 saturated heterocycles. The first-order valence-corrected chi connectivity index (χ1v) is 7.98. The van der Waals surface area contributed by atoms with E-state index in [0.717, 1.165) is 0 Å². The monoisotopic (exact) mass is 393 g/mol. The zero-order chi connectivity index (χ0) is 16.8. The first kappa shape index (κ1) is 18.1. The van der Waals surface area contributed by atoms with Crippen LogP contribution in [0.2, 0.25) is 0 Å². The van der Waals surface area contributed by atoms with E-state index in [-0.39, 0.29) is 4.90 Å². The van der Waals surface area contributed by atoms with Crippen molar-refractivity contribution < 1.29 is 27.5 Å². The van der Waals surface area contributed by atoms with Gasteiger partial charge in [-0.25, -0.2) is 13.2 Å². The minimum Gasteiger partial charge on any atom is -0.455 e. The number of benzene rings is 1. The van der Waals surface area contributed by atoms with Crippen LogP contribution in [0.15, 0.2) is 33.6 Å². The molecule has 0 atom stereocenters. The molecule has 3 amide bonds. The van der Waals surface area contributed by atoms with E-state index in [2.05, 4.69) is 26.4 Å². The molecule has 11 heteroatoms. The van der Waals surface area contributed by atoms with E-state index in [4.69, 9.17) is 0 Å². The van der Waals surface area contributed by atoms with Crippen LogP contribution < -0.4 is 15.8 Å². The third-order valence-electron chi connectivity index (χ3n) is 2.14. The molecule has 0 spiro atoms. The second-order valence-electron chi connectivity index (χ2n) is 3.86. The van der Waals surface area contributed by atoms with Crippen LogP contribution in [0.1, 0.15) is 0 Å². The molecule has 22 heavy (non-hydrogen) atoms. The number of ether oxygens (including phenoxy) is 1. The minimum atomic E-state index is -3.89. The third kappa shape index (κ3) is 6.20. The third-order valence-corrected chi connectivity index (χ3v) is 4.03. The fourth-order valence-electron chi connectivity index (χ4n) is 1.24. The van der Waals surface area contributed by atoms with Crippen molar-refractivity contribution >= 4 is 43.9 Å². The van der Waals surface area contributed by atoms with Crippen molar-refractivity contribution in [3.8, 4) is 0 Å². The minimum absolute atomic E-state index is 0.0406. The van der Waals surface area contributed by atoms with Gasteiger partial charge in [-0.3, -0.25) is 14.9 Å². The normalized spacial score (nSPS) is 10.8. The average Bonchev–Trinajstić information content (AvgIpc) is 2.42. The van der Waals surface area contributed by atoms with Crippen molar-refractivity contribution in [1.82, 2.24) is 10.0 Å². The highest BCUT2D eigenvalue weighted by Gasteiger charge is 2.17. The standard InChI is InChI=1S/C11H12BrN3O6S/c12-7-2-1-3-8(4-7)22(19,20)14-5-10(17)21-6-9(16)15-11(13)18/h1-4,14H,5-6H2,(H3,13,15,16,18). The Balaban J connectivity index is 2.50. The van der Waals surface area contributed by atoms with Gasteiger partial charge in [0.25, 0.3) is 5.91 Å². The molecule has 0 bridgehead atoms. The molecule has 4 N–H and O–H groups in total. The highest BCUT2D eigenvalue weighted by molar-refractivity contribution is 9.10. The van der Waals surface area contributed by atoms with E-state index >= 15 is 0 Å². The predicted octanol–water partition coefficient (Wildman–Crippen LogP) is -0.534. The molecule has 1 aromatic carbocycles. The number of primary amides is 1. The molecule has 9 nitrogen and oxygen atoms in total. The lowest BCUT2D eigenvalue weighted by molar-refractivity contribution is -0.147. The number of imide groups is 1. The fourth-order valence-corrected chi connectivity index (χ4v) is 2.81. The van der Waals surface area contributed by atoms with Gasteiger partial charge < -0.3 is 10.5 Å². The smallest absolute Gasteiger partial charge is 0.321 e. The molecule has 0 fully saturated rings.